The van der Waals surface area contributed by atoms with Gasteiger partial charge in [0, 0.05) is 0 Å². The third-order valence-corrected chi connectivity index (χ3v) is 2.97. The Labute approximate surface area is 177 Å². The van der Waals surface area contributed by atoms with Gasteiger partial charge in [-0.15, -0.1) is 0 Å². The number of ether oxygens (including phenoxy) is 4. The highest BCUT2D eigenvalue weighted by molar-refractivity contribution is 5.86. The van der Waals surface area contributed by atoms with Gasteiger partial charge in [0.05, 0.1) is 13.2 Å². The van der Waals surface area contributed by atoms with Crippen LogP contribution in [0.25, 0.3) is 0 Å². The molecule has 2 aromatic carbocycles. The quantitative estimate of drug-likeness (QED) is 0.378. The lowest BCUT2D eigenvalue weighted by molar-refractivity contribution is -0.145. The Morgan fingerprint density at radius 1 is 0.833 bits per heavy atom. The molecule has 7 heteroatoms. The molecule has 0 radical (unpaired) electrons. The zero-order valence-electron chi connectivity index (χ0n) is 17.9. The highest BCUT2D eigenvalue weighted by atomic mass is 16.6. The number of aliphatic hydroxyl groups excluding tert-OH is 1. The predicted octanol–water partition coefficient (Wildman–Crippen LogP) is 4.68. The molecule has 1 N–H and O–H groups in total. The topological polar surface area (TPSA) is 91.3 Å². The Morgan fingerprint density at radius 2 is 1.33 bits per heavy atom. The number of hydrogen-bond acceptors (Lipinski definition) is 7. The minimum Gasteiger partial charge on any atom is -0.511 e. The molecule has 0 amide bonds. The molecule has 0 aliphatic carbocycles. The fourth-order valence-electron chi connectivity index (χ4n) is 1.80. The largest absolute Gasteiger partial charge is 0.511 e. The van der Waals surface area contributed by atoms with Gasteiger partial charge in [-0.3, -0.25) is 0 Å². The van der Waals surface area contributed by atoms with Crippen molar-refractivity contribution in [3.05, 3.63) is 72.7 Å². The third kappa shape index (κ3) is 12.1. The van der Waals surface area contributed by atoms with Crippen molar-refractivity contribution in [2.45, 2.75) is 27.7 Å². The highest BCUT2D eigenvalue weighted by Crippen LogP contribution is 2.13. The van der Waals surface area contributed by atoms with E-state index in [4.69, 9.17) is 19.3 Å². The van der Waals surface area contributed by atoms with E-state index < -0.39 is 5.97 Å². The lowest BCUT2D eigenvalue weighted by atomic mass is 10.3. The van der Waals surface area contributed by atoms with Crippen molar-refractivity contribution in [3.8, 4) is 11.5 Å². The second-order valence-corrected chi connectivity index (χ2v) is 5.04. The normalized spacial score (nSPS) is 9.67. The zero-order valence-corrected chi connectivity index (χ0v) is 17.9. The summed E-state index contributed by atoms with van der Waals surface area (Å²) in [5, 5.41) is 8.80. The summed E-state index contributed by atoms with van der Waals surface area (Å²) in [4.78, 5) is 22.1. The van der Waals surface area contributed by atoms with Crippen LogP contribution in [0.1, 0.15) is 27.7 Å². The number of rotatable bonds is 8. The molecule has 30 heavy (non-hydrogen) atoms. The maximum Gasteiger partial charge on any atom is 0.377 e. The summed E-state index contributed by atoms with van der Waals surface area (Å²) < 4.78 is 19.6. The van der Waals surface area contributed by atoms with Crippen LogP contribution in [-0.4, -0.2) is 36.9 Å². The van der Waals surface area contributed by atoms with E-state index >= 15 is 0 Å². The molecule has 0 saturated carbocycles. The van der Waals surface area contributed by atoms with E-state index in [-0.39, 0.29) is 24.9 Å². The van der Waals surface area contributed by atoms with E-state index in [0.717, 1.165) is 0 Å². The summed E-state index contributed by atoms with van der Waals surface area (Å²) in [6.07, 6.45) is 0.588. The van der Waals surface area contributed by atoms with Gasteiger partial charge in [0.25, 0.3) is 0 Å². The van der Waals surface area contributed by atoms with Gasteiger partial charge in [-0.05, 0) is 38.1 Å². The Kier molecular flexibility index (Phi) is 15.6. The van der Waals surface area contributed by atoms with Crippen LogP contribution in [0.3, 0.4) is 0 Å². The van der Waals surface area contributed by atoms with E-state index in [1.165, 1.54) is 0 Å². The summed E-state index contributed by atoms with van der Waals surface area (Å²) >= 11 is 0. The van der Waals surface area contributed by atoms with E-state index in [9.17, 15) is 9.59 Å². The summed E-state index contributed by atoms with van der Waals surface area (Å²) in [5.74, 6) is -0.125. The van der Waals surface area contributed by atoms with E-state index in [2.05, 4.69) is 4.74 Å². The van der Waals surface area contributed by atoms with Crippen LogP contribution in [0.15, 0.2) is 72.7 Å². The van der Waals surface area contributed by atoms with Crippen LogP contribution < -0.4 is 9.47 Å². The zero-order chi connectivity index (χ0) is 22.6. The molecule has 0 fully saturated rings. The van der Waals surface area contributed by atoms with Crippen molar-refractivity contribution in [1.29, 1.82) is 0 Å². The molecular formula is C23H30O7. The second kappa shape index (κ2) is 17.6. The lowest BCUT2D eigenvalue weighted by Crippen LogP contribution is -2.14. The Balaban J connectivity index is 0.000000522. The minimum absolute atomic E-state index is 0.0299. The van der Waals surface area contributed by atoms with E-state index in [0.29, 0.717) is 24.4 Å². The van der Waals surface area contributed by atoms with Crippen LogP contribution in [0.2, 0.25) is 0 Å². The molecule has 2 aromatic rings. The summed E-state index contributed by atoms with van der Waals surface area (Å²) in [5.41, 5.74) is 0. The van der Waals surface area contributed by atoms with Crippen LogP contribution in [0, 0.1) is 0 Å². The second-order valence-electron chi connectivity index (χ2n) is 5.04. The number of esters is 2. The average molecular weight is 418 g/mol. The first-order valence-electron chi connectivity index (χ1n) is 9.68. The Bertz CT molecular complexity index is 728. The fraction of sp³-hybridized carbons (Fsp3) is 0.304. The SMILES string of the molecule is CC.CCOC(=O)/C(=C\O)Oc1ccccc1.CCOC(=O)COc1ccccc1. The molecular weight excluding hydrogens is 388 g/mol. The number of para-hydroxylation sites is 2. The van der Waals surface area contributed by atoms with Crippen LogP contribution in [-0.2, 0) is 19.1 Å². The van der Waals surface area contributed by atoms with Gasteiger partial charge < -0.3 is 24.1 Å². The molecule has 0 atom stereocenters. The van der Waals surface area contributed by atoms with Gasteiger partial charge in [-0.1, -0.05) is 50.2 Å². The van der Waals surface area contributed by atoms with E-state index in [1.54, 1.807) is 50.2 Å². The number of benzene rings is 2. The van der Waals surface area contributed by atoms with Crippen LogP contribution in [0.5, 0.6) is 11.5 Å². The Morgan fingerprint density at radius 3 is 1.80 bits per heavy atom. The van der Waals surface area contributed by atoms with Gasteiger partial charge in [0.2, 0.25) is 5.76 Å². The molecule has 0 saturated heterocycles. The summed E-state index contributed by atoms with van der Waals surface area (Å²) in [6.45, 7) is 8.03. The van der Waals surface area contributed by atoms with Crippen molar-refractivity contribution in [2.24, 2.45) is 0 Å². The molecule has 0 aliphatic rings. The van der Waals surface area contributed by atoms with E-state index in [1.807, 2.05) is 38.1 Å². The first kappa shape index (κ1) is 26.5. The van der Waals surface area contributed by atoms with Gasteiger partial charge >= 0.3 is 11.9 Å². The van der Waals surface area contributed by atoms with Crippen LogP contribution >= 0.6 is 0 Å². The predicted molar refractivity (Wildman–Crippen MR) is 114 cm³/mol. The van der Waals surface area contributed by atoms with Gasteiger partial charge in [0.1, 0.15) is 17.8 Å². The van der Waals surface area contributed by atoms with Crippen molar-refractivity contribution < 1.29 is 33.6 Å². The van der Waals surface area contributed by atoms with Crippen molar-refractivity contribution in [1.82, 2.24) is 0 Å². The molecule has 0 aromatic heterocycles. The van der Waals surface area contributed by atoms with Crippen molar-refractivity contribution in [3.63, 3.8) is 0 Å². The first-order valence-corrected chi connectivity index (χ1v) is 9.68. The maximum atomic E-state index is 11.2. The molecule has 0 unspecified atom stereocenters. The maximum absolute atomic E-state index is 11.2. The minimum atomic E-state index is -0.691. The molecule has 0 aliphatic heterocycles. The molecule has 0 bridgehead atoms. The van der Waals surface area contributed by atoms with Gasteiger partial charge in [-0.25, -0.2) is 9.59 Å². The highest BCUT2D eigenvalue weighted by Gasteiger charge is 2.13. The number of carbonyl (C=O) groups is 2. The fourth-order valence-corrected chi connectivity index (χ4v) is 1.80. The van der Waals surface area contributed by atoms with Crippen molar-refractivity contribution >= 4 is 11.9 Å². The van der Waals surface area contributed by atoms with Crippen LogP contribution in [0.4, 0.5) is 0 Å². The molecule has 7 nitrogen and oxygen atoms in total. The lowest BCUT2D eigenvalue weighted by Gasteiger charge is -2.07. The smallest absolute Gasteiger partial charge is 0.377 e. The Hall–Kier alpha value is -3.48. The molecule has 2 rings (SSSR count). The number of hydrogen-bond donors (Lipinski definition) is 1. The molecule has 0 heterocycles. The first-order chi connectivity index (χ1) is 14.6. The third-order valence-electron chi connectivity index (χ3n) is 2.97. The molecule has 164 valence electrons. The monoisotopic (exact) mass is 418 g/mol. The van der Waals surface area contributed by atoms with Gasteiger partial charge in [-0.2, -0.15) is 0 Å². The number of aliphatic hydroxyl groups is 1. The standard InChI is InChI=1S/C11H12O4.C10H12O3.C2H6/c1-2-14-11(13)10(8-12)15-9-6-4-3-5-7-9;1-2-12-10(11)8-13-9-6-4-3-5-7-9;1-2/h3-8,12H,2H2,1H3;3-7H,2,8H2,1H3;1-2H3/b10-8+;;. The number of carbonyl (C=O) groups excluding carboxylic acids is 2. The summed E-state index contributed by atoms with van der Waals surface area (Å²) in [6, 6.07) is 17.8. The van der Waals surface area contributed by atoms with Crippen molar-refractivity contribution in [2.75, 3.05) is 19.8 Å². The molecule has 0 spiro atoms. The van der Waals surface area contributed by atoms with Gasteiger partial charge in [0.15, 0.2) is 6.61 Å². The summed E-state index contributed by atoms with van der Waals surface area (Å²) in [7, 11) is 0. The average Bonchev–Trinajstić information content (AvgIpc) is 2.79.